The van der Waals surface area contributed by atoms with Crippen molar-refractivity contribution in [1.29, 1.82) is 0 Å². The molecular formula is C101H111ClF2N12O10S4. The van der Waals surface area contributed by atoms with Crippen LogP contribution in [0.1, 0.15) is 75.8 Å². The molecule has 12 aromatic rings. The molecule has 16 rings (SSSR count). The lowest BCUT2D eigenvalue weighted by Gasteiger charge is -2.37. The minimum absolute atomic E-state index is 0.0785. The van der Waals surface area contributed by atoms with Gasteiger partial charge in [0.25, 0.3) is 20.0 Å². The first-order chi connectivity index (χ1) is 62.6. The molecule has 0 radical (unpaired) electrons. The number of benzene rings is 10. The zero-order chi connectivity index (χ0) is 91.5. The Kier molecular flexibility index (Phi) is 30.1. The highest BCUT2D eigenvalue weighted by molar-refractivity contribution is 7.99. The van der Waals surface area contributed by atoms with E-state index in [-0.39, 0.29) is 45.2 Å². The number of aromatic carboxylic acids is 2. The van der Waals surface area contributed by atoms with Gasteiger partial charge in [0.15, 0.2) is 0 Å². The number of aliphatic hydroxyl groups excluding tert-OH is 2. The van der Waals surface area contributed by atoms with Crippen LogP contribution >= 0.6 is 35.1 Å². The predicted molar refractivity (Wildman–Crippen MR) is 524 cm³/mol. The summed E-state index contributed by atoms with van der Waals surface area (Å²) in [6.07, 6.45) is 2.94. The van der Waals surface area contributed by atoms with Crippen molar-refractivity contribution in [1.82, 2.24) is 18.9 Å². The number of β-amino-alcohol motifs (C(OH)–C–C–N with tert-alkyl or cyclic N) is 1. The van der Waals surface area contributed by atoms with Crippen molar-refractivity contribution in [2.45, 2.75) is 111 Å². The SMILES string of the molecule is CCn1c(C)c(C(=O)O)c(-c2cc(F)cc(N3CCN(c4ccc(NS(=O)(=O)c5ccc(N[C@H](CCN6CCC(O)CC6)CSc6ccccc6)c(C)c5)cc4)CC3)c2)c1-c1ccc(F)cc1.Cc1cc(S(=O)(=O)Nc2ccc(N3CCN(c4cccc(-c5c(C(=O)O)c(C)n(C)c5-c5ccc(Cl)cc5)c4)CC3)cc2)ccc1N[C@H](CCN1CC(O)C1)CSc1ccccc1. The van der Waals surface area contributed by atoms with Gasteiger partial charge in [0.05, 0.1) is 44.5 Å². The molecule has 2 atom stereocenters. The van der Waals surface area contributed by atoms with E-state index >= 15 is 4.39 Å². The summed E-state index contributed by atoms with van der Waals surface area (Å²) in [6, 6.07) is 72.2. The molecule has 130 heavy (non-hydrogen) atoms. The molecule has 8 N–H and O–H groups in total. The number of anilines is 8. The third kappa shape index (κ3) is 22.6. The average molecular weight is 1850 g/mol. The topological polar surface area (TPSA) is 261 Å². The molecule has 4 aliphatic rings. The van der Waals surface area contributed by atoms with Gasteiger partial charge >= 0.3 is 11.9 Å². The minimum Gasteiger partial charge on any atom is -0.478 e. The summed E-state index contributed by atoms with van der Waals surface area (Å²) in [4.78, 5) is 41.6. The van der Waals surface area contributed by atoms with E-state index in [1.54, 1.807) is 91.1 Å². The van der Waals surface area contributed by atoms with Gasteiger partial charge in [0.2, 0.25) is 0 Å². The third-order valence-corrected chi connectivity index (χ3v) is 30.3. The first-order valence-corrected chi connectivity index (χ1v) is 49.4. The van der Waals surface area contributed by atoms with Gasteiger partial charge in [-0.1, -0.05) is 72.3 Å². The number of aryl methyl sites for hydroxylation is 2. The number of sulfonamides is 2. The molecule has 0 amide bonds. The number of aliphatic hydroxyl groups is 2. The maximum Gasteiger partial charge on any atom is 0.338 e. The average Bonchev–Trinajstić information content (AvgIpc) is 1.60. The number of thioether (sulfide) groups is 2. The highest BCUT2D eigenvalue weighted by Crippen LogP contribution is 2.44. The van der Waals surface area contributed by atoms with Crippen LogP contribution in [0.4, 0.5) is 54.3 Å². The summed E-state index contributed by atoms with van der Waals surface area (Å²) in [7, 11) is -5.85. The number of piperazine rings is 2. The Bertz CT molecular complexity index is 6190. The Hall–Kier alpha value is -11.3. The Morgan fingerprint density at radius 1 is 0.454 bits per heavy atom. The number of likely N-dealkylation sites (tertiary alicyclic amines) is 2. The molecule has 29 heteroatoms. The number of hydrogen-bond donors (Lipinski definition) is 8. The van der Waals surface area contributed by atoms with Gasteiger partial charge in [0.1, 0.15) is 11.6 Å². The van der Waals surface area contributed by atoms with Crippen molar-refractivity contribution >= 4 is 113 Å². The van der Waals surface area contributed by atoms with Crippen molar-refractivity contribution in [3.05, 3.63) is 287 Å². The smallest absolute Gasteiger partial charge is 0.338 e. The van der Waals surface area contributed by atoms with Crippen molar-refractivity contribution in [3.63, 3.8) is 0 Å². The number of halogens is 3. The first-order valence-electron chi connectivity index (χ1n) is 44.1. The Labute approximate surface area is 774 Å². The molecule has 0 unspecified atom stereocenters. The van der Waals surface area contributed by atoms with Crippen LogP contribution in [0.15, 0.2) is 256 Å². The van der Waals surface area contributed by atoms with Gasteiger partial charge in [-0.15, -0.1) is 23.5 Å². The standard InChI is InChI=1S/C52H58F2N6O5S2.C49H53ClN6O5S2/c1-4-60-36(3)49(52(62)63)50(51(60)37-10-12-39(53)13-11-37)38-31-40(54)33-44(32-38)59-28-26-58(27-29-59)43-16-14-41(15-17-43)56-67(64,65)47-18-19-48(35(2)30-47)55-42(34-66-46-8-6-5-7-9-46)20-23-57-24-21-45(61)22-25-57;1-33-28-44(20-21-45(33)51-39(22-23-54-30-42(57)31-54)32-62-43-10-5-4-6-11-43)63(60,61)52-38-16-18-40(19-17-38)55-24-26-56(27-25-55)41-9-7-8-36(29-41)47-46(49(58)59)34(2)53(3)48(47)35-12-14-37(50)15-13-35/h5-19,30-33,42,45,55-56,61H,4,20-29,34H2,1-3H3,(H,62,63);4-21,28-29,39,42,51-52,57H,22-27,30-32H2,1-3H3,(H,58,59)/t42-;39-/m11/s1. The molecule has 0 aliphatic carbocycles. The van der Waals surface area contributed by atoms with E-state index in [0.717, 1.165) is 146 Å². The zero-order valence-corrected chi connectivity index (χ0v) is 77.8. The molecule has 4 aliphatic heterocycles. The first kappa shape index (κ1) is 93.4. The molecule has 4 fully saturated rings. The van der Waals surface area contributed by atoms with E-state index < -0.39 is 43.6 Å². The van der Waals surface area contributed by atoms with Crippen LogP contribution in [0.25, 0.3) is 44.8 Å². The highest BCUT2D eigenvalue weighted by atomic mass is 35.5. The number of aromatic nitrogens is 2. The molecule has 0 bridgehead atoms. The molecule has 2 aromatic heterocycles. The molecule has 680 valence electrons. The normalized spacial score (nSPS) is 15.3. The number of hydrogen-bond acceptors (Lipinski definition) is 18. The summed E-state index contributed by atoms with van der Waals surface area (Å²) in [5.74, 6) is -1.31. The van der Waals surface area contributed by atoms with Crippen LogP contribution in [0.3, 0.4) is 0 Å². The van der Waals surface area contributed by atoms with E-state index in [9.17, 15) is 51.2 Å². The van der Waals surface area contributed by atoms with E-state index in [4.69, 9.17) is 11.6 Å². The fourth-order valence-corrected chi connectivity index (χ4v) is 22.1. The second-order valence-electron chi connectivity index (χ2n) is 33.7. The van der Waals surface area contributed by atoms with Crippen LogP contribution in [-0.2, 0) is 33.6 Å². The van der Waals surface area contributed by atoms with Crippen LogP contribution in [0, 0.1) is 39.3 Å². The zero-order valence-electron chi connectivity index (χ0n) is 73.8. The lowest BCUT2D eigenvalue weighted by molar-refractivity contribution is 0.00138. The predicted octanol–water partition coefficient (Wildman–Crippen LogP) is 19.1. The van der Waals surface area contributed by atoms with Gasteiger partial charge in [-0.05, 0) is 270 Å². The maximum atomic E-state index is 15.5. The second-order valence-corrected chi connectivity index (χ2v) is 39.7. The van der Waals surface area contributed by atoms with Crippen molar-refractivity contribution < 1.29 is 55.6 Å². The van der Waals surface area contributed by atoms with E-state index in [1.807, 2.05) is 159 Å². The molecule has 6 heterocycles. The fourth-order valence-electron chi connectivity index (χ4n) is 17.7. The number of carboxylic acid groups (broad SMARTS) is 2. The van der Waals surface area contributed by atoms with Gasteiger partial charge in [-0.2, -0.15) is 0 Å². The number of piperidine rings is 1. The van der Waals surface area contributed by atoms with Crippen LogP contribution in [-0.4, -0.2) is 196 Å². The lowest BCUT2D eigenvalue weighted by atomic mass is 9.96. The molecular weight excluding hydrogens is 1740 g/mol. The quantitative estimate of drug-likeness (QED) is 0.0178. The largest absolute Gasteiger partial charge is 0.478 e. The minimum atomic E-state index is -3.90. The summed E-state index contributed by atoms with van der Waals surface area (Å²) in [5, 5.41) is 48.5. The number of carbonyl (C=O) groups is 2. The van der Waals surface area contributed by atoms with Gasteiger partial charge in [-0.25, -0.2) is 35.2 Å². The molecule has 0 spiro atoms. The van der Waals surface area contributed by atoms with Gasteiger partial charge in [-0.3, -0.25) is 14.3 Å². The molecule has 4 saturated heterocycles. The van der Waals surface area contributed by atoms with Crippen molar-refractivity contribution in [3.8, 4) is 44.8 Å². The van der Waals surface area contributed by atoms with Crippen LogP contribution in [0.5, 0.6) is 0 Å². The lowest BCUT2D eigenvalue weighted by Crippen LogP contribution is -2.51. The van der Waals surface area contributed by atoms with Crippen LogP contribution < -0.4 is 39.7 Å². The van der Waals surface area contributed by atoms with Crippen LogP contribution in [0.2, 0.25) is 5.02 Å². The Morgan fingerprint density at radius 3 is 1.38 bits per heavy atom. The van der Waals surface area contributed by atoms with E-state index in [2.05, 4.69) is 85.9 Å². The number of nitrogens with zero attached hydrogens (tertiary/aromatic N) is 8. The molecule has 0 saturated carbocycles. The Balaban J connectivity index is 0.000000200. The molecule has 22 nitrogen and oxygen atoms in total. The molecule has 10 aromatic carbocycles. The van der Waals surface area contributed by atoms with Gasteiger partial charge in [0, 0.05) is 212 Å². The number of nitrogens with one attached hydrogen (secondary N) is 4. The number of carboxylic acids is 2. The maximum absolute atomic E-state index is 15.5. The second kappa shape index (κ2) is 41.8. The van der Waals surface area contributed by atoms with E-state index in [0.29, 0.717) is 107 Å². The van der Waals surface area contributed by atoms with E-state index in [1.165, 1.54) is 34.1 Å². The Morgan fingerprint density at radius 2 is 0.900 bits per heavy atom. The summed E-state index contributed by atoms with van der Waals surface area (Å²) < 4.78 is 93.4. The fraction of sp³-hybridized carbons (Fsp3) is 0.307. The summed E-state index contributed by atoms with van der Waals surface area (Å²) in [5.41, 5.74) is 14.8. The van der Waals surface area contributed by atoms with Crippen molar-refractivity contribution in [2.24, 2.45) is 7.05 Å². The summed E-state index contributed by atoms with van der Waals surface area (Å²) >= 11 is 9.79. The van der Waals surface area contributed by atoms with Gasteiger partial charge < -0.3 is 64.7 Å². The monoisotopic (exact) mass is 1850 g/mol. The number of rotatable bonds is 33. The highest BCUT2D eigenvalue weighted by Gasteiger charge is 2.33. The van der Waals surface area contributed by atoms with Crippen molar-refractivity contribution in [2.75, 3.05) is 143 Å². The third-order valence-electron chi connectivity index (χ3n) is 25.0. The summed E-state index contributed by atoms with van der Waals surface area (Å²) in [6.45, 7) is 20.1.